The molecule has 5 heteroatoms. The lowest BCUT2D eigenvalue weighted by Crippen LogP contribution is -2.10. The second-order valence-corrected chi connectivity index (χ2v) is 5.19. The van der Waals surface area contributed by atoms with Crippen molar-refractivity contribution in [3.05, 3.63) is 78.2 Å². The van der Waals surface area contributed by atoms with Crippen LogP contribution in [-0.2, 0) is 16.0 Å². The number of H-pyrrole nitrogens is 1. The van der Waals surface area contributed by atoms with E-state index in [9.17, 15) is 9.18 Å². The molecule has 3 rings (SSSR count). The normalized spacial score (nSPS) is 11.1. The number of halogens is 1. The Balaban J connectivity index is 0.000000249. The number of hydrogen-bond donors (Lipinski definition) is 1. The molecule has 0 aliphatic heterocycles. The van der Waals surface area contributed by atoms with Gasteiger partial charge in [0.2, 0.25) is 0 Å². The summed E-state index contributed by atoms with van der Waals surface area (Å²) in [6.07, 6.45) is 0.495. The van der Waals surface area contributed by atoms with Gasteiger partial charge in [-0.15, -0.1) is 0 Å². The monoisotopic (exact) mass is 326 g/mol. The number of carbonyl (C=O) groups is 1. The Labute approximate surface area is 140 Å². The van der Waals surface area contributed by atoms with E-state index in [4.69, 9.17) is 4.74 Å². The first-order chi connectivity index (χ1) is 11.7. The van der Waals surface area contributed by atoms with Crippen molar-refractivity contribution in [2.45, 2.75) is 19.4 Å². The van der Waals surface area contributed by atoms with E-state index in [0.29, 0.717) is 12.9 Å². The molecule has 1 N–H and O–H groups in total. The number of aromatic nitrogens is 2. The van der Waals surface area contributed by atoms with Crippen LogP contribution in [0.1, 0.15) is 12.6 Å². The predicted molar refractivity (Wildman–Crippen MR) is 90.7 cm³/mol. The highest BCUT2D eigenvalue weighted by molar-refractivity contribution is 5.58. The van der Waals surface area contributed by atoms with Crippen LogP contribution in [0.2, 0.25) is 0 Å². The fourth-order valence-corrected chi connectivity index (χ4v) is 2.09. The summed E-state index contributed by atoms with van der Waals surface area (Å²) in [4.78, 5) is 10.2. The molecule has 0 bridgehead atoms. The second kappa shape index (κ2) is 9.25. The first-order valence-electron chi connectivity index (χ1n) is 7.58. The second-order valence-electron chi connectivity index (χ2n) is 5.19. The highest BCUT2D eigenvalue weighted by Crippen LogP contribution is 2.17. The van der Waals surface area contributed by atoms with Crippen molar-refractivity contribution in [2.75, 3.05) is 0 Å². The SMILES string of the molecule is CC(Cc1cc(-c2ccccc2)n[nH]1)OC=O.Fc1ccccc1. The van der Waals surface area contributed by atoms with Crippen molar-refractivity contribution in [1.29, 1.82) is 0 Å². The van der Waals surface area contributed by atoms with Crippen LogP contribution in [0.15, 0.2) is 66.7 Å². The largest absolute Gasteiger partial charge is 0.464 e. The van der Waals surface area contributed by atoms with Gasteiger partial charge in [0.25, 0.3) is 6.47 Å². The van der Waals surface area contributed by atoms with Crippen LogP contribution in [0.4, 0.5) is 4.39 Å². The molecular formula is C19H19FN2O2. The minimum atomic E-state index is -0.178. The molecule has 1 heterocycles. The number of nitrogens with zero attached hydrogens (tertiary/aromatic N) is 1. The van der Waals surface area contributed by atoms with Gasteiger partial charge in [-0.1, -0.05) is 48.5 Å². The van der Waals surface area contributed by atoms with Gasteiger partial charge in [0.05, 0.1) is 5.69 Å². The quantitative estimate of drug-likeness (QED) is 0.721. The molecule has 4 nitrogen and oxygen atoms in total. The highest BCUT2D eigenvalue weighted by Gasteiger charge is 2.08. The summed E-state index contributed by atoms with van der Waals surface area (Å²) in [6.45, 7) is 2.32. The van der Waals surface area contributed by atoms with E-state index >= 15 is 0 Å². The van der Waals surface area contributed by atoms with Crippen LogP contribution >= 0.6 is 0 Å². The molecule has 1 unspecified atom stereocenters. The molecule has 124 valence electrons. The van der Waals surface area contributed by atoms with E-state index in [1.54, 1.807) is 18.2 Å². The number of ether oxygens (including phenoxy) is 1. The number of aromatic amines is 1. The van der Waals surface area contributed by atoms with E-state index < -0.39 is 0 Å². The number of benzene rings is 2. The van der Waals surface area contributed by atoms with Crippen molar-refractivity contribution in [3.8, 4) is 11.3 Å². The topological polar surface area (TPSA) is 55.0 Å². The van der Waals surface area contributed by atoms with Crippen molar-refractivity contribution in [3.63, 3.8) is 0 Å². The first kappa shape index (κ1) is 17.4. The fourth-order valence-electron chi connectivity index (χ4n) is 2.09. The zero-order valence-corrected chi connectivity index (χ0v) is 13.4. The third kappa shape index (κ3) is 5.68. The molecule has 0 fully saturated rings. The average Bonchev–Trinajstić information content (AvgIpc) is 3.05. The summed E-state index contributed by atoms with van der Waals surface area (Å²) in [7, 11) is 0. The fraction of sp³-hybridized carbons (Fsp3) is 0.158. The van der Waals surface area contributed by atoms with E-state index in [2.05, 4.69) is 10.2 Å². The average molecular weight is 326 g/mol. The van der Waals surface area contributed by atoms with Gasteiger partial charge in [0.1, 0.15) is 11.9 Å². The maximum Gasteiger partial charge on any atom is 0.293 e. The Morgan fingerprint density at radius 2 is 1.75 bits per heavy atom. The number of carbonyl (C=O) groups excluding carboxylic acids is 1. The molecule has 2 aromatic carbocycles. The number of nitrogens with one attached hydrogen (secondary N) is 1. The molecule has 0 amide bonds. The summed E-state index contributed by atoms with van der Waals surface area (Å²) < 4.78 is 16.7. The summed E-state index contributed by atoms with van der Waals surface area (Å²) in [5.41, 5.74) is 2.93. The zero-order chi connectivity index (χ0) is 17.2. The van der Waals surface area contributed by atoms with Gasteiger partial charge in [0, 0.05) is 17.7 Å². The third-order valence-electron chi connectivity index (χ3n) is 3.23. The van der Waals surface area contributed by atoms with E-state index in [0.717, 1.165) is 17.0 Å². The van der Waals surface area contributed by atoms with E-state index in [1.165, 1.54) is 12.1 Å². The van der Waals surface area contributed by atoms with Gasteiger partial charge in [-0.25, -0.2) is 4.39 Å². The molecule has 0 spiro atoms. The summed E-state index contributed by atoms with van der Waals surface area (Å²) >= 11 is 0. The number of rotatable bonds is 5. The summed E-state index contributed by atoms with van der Waals surface area (Å²) in [5.74, 6) is -0.178. The van der Waals surface area contributed by atoms with Gasteiger partial charge < -0.3 is 4.74 Å². The Morgan fingerprint density at radius 1 is 1.12 bits per heavy atom. The molecule has 0 saturated carbocycles. The molecule has 3 aromatic rings. The molecule has 0 aliphatic carbocycles. The van der Waals surface area contributed by atoms with Gasteiger partial charge in [0.15, 0.2) is 0 Å². The summed E-state index contributed by atoms with van der Waals surface area (Å²) in [5, 5.41) is 7.18. The lowest BCUT2D eigenvalue weighted by molar-refractivity contribution is -0.132. The van der Waals surface area contributed by atoms with Crippen LogP contribution in [0, 0.1) is 5.82 Å². The Hall–Kier alpha value is -2.95. The predicted octanol–water partition coefficient (Wildman–Crippen LogP) is 4.01. The zero-order valence-electron chi connectivity index (χ0n) is 13.4. The molecule has 0 saturated heterocycles. The van der Waals surface area contributed by atoms with Crippen LogP contribution in [0.3, 0.4) is 0 Å². The summed E-state index contributed by atoms with van der Waals surface area (Å²) in [6, 6.07) is 19.8. The van der Waals surface area contributed by atoms with E-state index in [-0.39, 0.29) is 11.9 Å². The first-order valence-corrected chi connectivity index (χ1v) is 7.58. The van der Waals surface area contributed by atoms with Crippen LogP contribution in [0.25, 0.3) is 11.3 Å². The molecule has 24 heavy (non-hydrogen) atoms. The van der Waals surface area contributed by atoms with Gasteiger partial charge in [-0.2, -0.15) is 5.10 Å². The minimum absolute atomic E-state index is 0.142. The smallest absolute Gasteiger partial charge is 0.293 e. The van der Waals surface area contributed by atoms with Gasteiger partial charge in [-0.05, 0) is 25.1 Å². The lowest BCUT2D eigenvalue weighted by atomic mass is 10.1. The van der Waals surface area contributed by atoms with Gasteiger partial charge in [-0.3, -0.25) is 9.89 Å². The maximum absolute atomic E-state index is 11.9. The van der Waals surface area contributed by atoms with Crippen molar-refractivity contribution in [1.82, 2.24) is 10.2 Å². The molecule has 0 radical (unpaired) electrons. The Kier molecular flexibility index (Phi) is 6.71. The molecule has 1 atom stereocenters. The standard InChI is InChI=1S/C13H14N2O2.C6H5F/c1-10(17-9-16)7-12-8-13(15-14-12)11-5-3-2-4-6-11;7-6-4-2-1-3-5-6/h2-6,8-10H,7H2,1H3,(H,14,15);1-5H. The lowest BCUT2D eigenvalue weighted by Gasteiger charge is -2.06. The highest BCUT2D eigenvalue weighted by atomic mass is 19.1. The Morgan fingerprint density at radius 3 is 2.29 bits per heavy atom. The van der Waals surface area contributed by atoms with Crippen LogP contribution in [0.5, 0.6) is 0 Å². The van der Waals surface area contributed by atoms with Crippen molar-refractivity contribution in [2.24, 2.45) is 0 Å². The van der Waals surface area contributed by atoms with Crippen LogP contribution < -0.4 is 0 Å². The van der Waals surface area contributed by atoms with Crippen molar-refractivity contribution >= 4 is 6.47 Å². The number of hydrogen-bond acceptors (Lipinski definition) is 3. The molecule has 0 aliphatic rings. The third-order valence-corrected chi connectivity index (χ3v) is 3.23. The van der Waals surface area contributed by atoms with Crippen molar-refractivity contribution < 1.29 is 13.9 Å². The maximum atomic E-state index is 11.9. The minimum Gasteiger partial charge on any atom is -0.464 e. The van der Waals surface area contributed by atoms with Gasteiger partial charge >= 0.3 is 0 Å². The molecule has 1 aromatic heterocycles. The van der Waals surface area contributed by atoms with E-state index in [1.807, 2.05) is 43.3 Å². The Bertz CT molecular complexity index is 729. The van der Waals surface area contributed by atoms with Crippen LogP contribution in [-0.4, -0.2) is 22.8 Å². The molecular weight excluding hydrogens is 307 g/mol.